The van der Waals surface area contributed by atoms with Gasteiger partial charge in [-0.05, 0) is 43.9 Å². The molecule has 1 aromatic rings. The minimum atomic E-state index is -0.283. The number of hydrogen-bond donors (Lipinski definition) is 1. The SMILES string of the molecule is CCOC(=O)N1CCC(NC(=O)CCc2cc(OC)c(OC)c(OC)c2)CC1. The number of hydrogen-bond acceptors (Lipinski definition) is 6. The van der Waals surface area contributed by atoms with Gasteiger partial charge in [-0.25, -0.2) is 4.79 Å². The van der Waals surface area contributed by atoms with Gasteiger partial charge in [-0.15, -0.1) is 0 Å². The van der Waals surface area contributed by atoms with Crippen LogP contribution in [0.3, 0.4) is 0 Å². The van der Waals surface area contributed by atoms with Crippen LogP contribution in [0.2, 0.25) is 0 Å². The lowest BCUT2D eigenvalue weighted by Gasteiger charge is -2.31. The molecule has 2 rings (SSSR count). The highest BCUT2D eigenvalue weighted by Gasteiger charge is 2.24. The Bertz CT molecular complexity index is 646. The van der Waals surface area contributed by atoms with Crippen molar-refractivity contribution in [1.29, 1.82) is 0 Å². The van der Waals surface area contributed by atoms with Crippen LogP contribution in [-0.2, 0) is 16.0 Å². The minimum Gasteiger partial charge on any atom is -0.493 e. The van der Waals surface area contributed by atoms with E-state index in [-0.39, 0.29) is 18.0 Å². The van der Waals surface area contributed by atoms with Gasteiger partial charge >= 0.3 is 6.09 Å². The number of carbonyl (C=O) groups excluding carboxylic acids is 2. The number of likely N-dealkylation sites (tertiary alicyclic amines) is 1. The van der Waals surface area contributed by atoms with E-state index in [2.05, 4.69) is 5.32 Å². The first-order chi connectivity index (χ1) is 13.5. The average molecular weight is 394 g/mol. The first kappa shape index (κ1) is 21.7. The van der Waals surface area contributed by atoms with Crippen LogP contribution >= 0.6 is 0 Å². The highest BCUT2D eigenvalue weighted by molar-refractivity contribution is 5.76. The molecule has 0 radical (unpaired) electrons. The first-order valence-corrected chi connectivity index (χ1v) is 9.52. The van der Waals surface area contributed by atoms with Crippen LogP contribution in [-0.4, -0.2) is 64.0 Å². The third-order valence-corrected chi connectivity index (χ3v) is 4.75. The summed E-state index contributed by atoms with van der Waals surface area (Å²) in [4.78, 5) is 25.7. The lowest BCUT2D eigenvalue weighted by molar-refractivity contribution is -0.122. The van der Waals surface area contributed by atoms with E-state index < -0.39 is 0 Å². The molecule has 156 valence electrons. The molecule has 0 atom stereocenters. The largest absolute Gasteiger partial charge is 0.493 e. The van der Waals surface area contributed by atoms with Gasteiger partial charge in [0.05, 0.1) is 27.9 Å². The molecule has 0 aliphatic carbocycles. The number of methoxy groups -OCH3 is 3. The smallest absolute Gasteiger partial charge is 0.409 e. The van der Waals surface area contributed by atoms with Gasteiger partial charge in [0.2, 0.25) is 11.7 Å². The van der Waals surface area contributed by atoms with E-state index in [1.54, 1.807) is 33.2 Å². The molecule has 0 saturated carbocycles. The molecule has 0 bridgehead atoms. The number of aryl methyl sites for hydroxylation is 1. The van der Waals surface area contributed by atoms with Crippen molar-refractivity contribution in [3.8, 4) is 17.2 Å². The molecular weight excluding hydrogens is 364 g/mol. The molecule has 0 unspecified atom stereocenters. The number of benzene rings is 1. The van der Waals surface area contributed by atoms with Crippen LogP contribution in [0, 0.1) is 0 Å². The second kappa shape index (κ2) is 10.6. The molecule has 1 saturated heterocycles. The highest BCUT2D eigenvalue weighted by Crippen LogP contribution is 2.38. The fourth-order valence-corrected chi connectivity index (χ4v) is 3.26. The zero-order valence-electron chi connectivity index (χ0n) is 17.1. The summed E-state index contributed by atoms with van der Waals surface area (Å²) >= 11 is 0. The molecule has 1 aromatic carbocycles. The van der Waals surface area contributed by atoms with Crippen molar-refractivity contribution >= 4 is 12.0 Å². The number of amides is 2. The highest BCUT2D eigenvalue weighted by atomic mass is 16.6. The molecular formula is C20H30N2O6. The zero-order chi connectivity index (χ0) is 20.5. The lowest BCUT2D eigenvalue weighted by Crippen LogP contribution is -2.46. The molecule has 1 aliphatic heterocycles. The molecule has 1 aliphatic rings. The van der Waals surface area contributed by atoms with Crippen molar-refractivity contribution in [3.05, 3.63) is 17.7 Å². The second-order valence-corrected chi connectivity index (χ2v) is 6.56. The van der Waals surface area contributed by atoms with Gasteiger partial charge in [0.25, 0.3) is 0 Å². The maximum atomic E-state index is 12.3. The molecule has 8 heteroatoms. The van der Waals surface area contributed by atoms with Crippen molar-refractivity contribution in [1.82, 2.24) is 10.2 Å². The number of carbonyl (C=O) groups is 2. The van der Waals surface area contributed by atoms with Crippen molar-refractivity contribution in [2.24, 2.45) is 0 Å². The minimum absolute atomic E-state index is 0.0108. The summed E-state index contributed by atoms with van der Waals surface area (Å²) in [6, 6.07) is 3.79. The fraction of sp³-hybridized carbons (Fsp3) is 0.600. The molecule has 0 aromatic heterocycles. The monoisotopic (exact) mass is 394 g/mol. The molecule has 1 heterocycles. The number of nitrogens with zero attached hydrogens (tertiary/aromatic N) is 1. The van der Waals surface area contributed by atoms with E-state index in [1.165, 1.54) is 0 Å². The van der Waals surface area contributed by atoms with Crippen LogP contribution in [0.25, 0.3) is 0 Å². The topological polar surface area (TPSA) is 86.3 Å². The number of ether oxygens (including phenoxy) is 4. The normalized spacial score (nSPS) is 14.4. The number of nitrogens with one attached hydrogen (secondary N) is 1. The number of piperidine rings is 1. The van der Waals surface area contributed by atoms with Crippen molar-refractivity contribution < 1.29 is 28.5 Å². The van der Waals surface area contributed by atoms with E-state index in [0.717, 1.165) is 18.4 Å². The Hall–Kier alpha value is -2.64. The molecule has 0 spiro atoms. The Balaban J connectivity index is 1.84. The second-order valence-electron chi connectivity index (χ2n) is 6.56. The van der Waals surface area contributed by atoms with Gasteiger partial charge in [-0.1, -0.05) is 0 Å². The fourth-order valence-electron chi connectivity index (χ4n) is 3.26. The van der Waals surface area contributed by atoms with Crippen LogP contribution in [0.15, 0.2) is 12.1 Å². The van der Waals surface area contributed by atoms with E-state index in [1.807, 2.05) is 12.1 Å². The first-order valence-electron chi connectivity index (χ1n) is 9.52. The summed E-state index contributed by atoms with van der Waals surface area (Å²) in [7, 11) is 4.69. The maximum absolute atomic E-state index is 12.3. The summed E-state index contributed by atoms with van der Waals surface area (Å²) in [6.07, 6.45) is 2.10. The van der Waals surface area contributed by atoms with E-state index in [9.17, 15) is 9.59 Å². The van der Waals surface area contributed by atoms with Gasteiger partial charge in [0.1, 0.15) is 0 Å². The summed E-state index contributed by atoms with van der Waals surface area (Å²) in [5, 5.41) is 3.06. The Morgan fingerprint density at radius 3 is 2.18 bits per heavy atom. The quantitative estimate of drug-likeness (QED) is 0.729. The van der Waals surface area contributed by atoms with Gasteiger partial charge in [0.15, 0.2) is 11.5 Å². The predicted octanol–water partition coefficient (Wildman–Crippen LogP) is 2.38. The van der Waals surface area contributed by atoms with Gasteiger partial charge in [-0.2, -0.15) is 0 Å². The molecule has 1 N–H and O–H groups in total. The van der Waals surface area contributed by atoms with Gasteiger partial charge < -0.3 is 29.2 Å². The third kappa shape index (κ3) is 5.68. The standard InChI is InChI=1S/C20H30N2O6/c1-5-28-20(24)22-10-8-15(9-11-22)21-18(23)7-6-14-12-16(25-2)19(27-4)17(13-14)26-3/h12-13,15H,5-11H2,1-4H3,(H,21,23). The van der Waals surface area contributed by atoms with Crippen LogP contribution in [0.5, 0.6) is 17.2 Å². The Morgan fingerprint density at radius 2 is 1.68 bits per heavy atom. The average Bonchev–Trinajstić information content (AvgIpc) is 2.72. The van der Waals surface area contributed by atoms with Crippen molar-refractivity contribution in [3.63, 3.8) is 0 Å². The van der Waals surface area contributed by atoms with Gasteiger partial charge in [-0.3, -0.25) is 4.79 Å². The molecule has 28 heavy (non-hydrogen) atoms. The van der Waals surface area contributed by atoms with Gasteiger partial charge in [0, 0.05) is 25.6 Å². The van der Waals surface area contributed by atoms with E-state index in [4.69, 9.17) is 18.9 Å². The lowest BCUT2D eigenvalue weighted by atomic mass is 10.0. The summed E-state index contributed by atoms with van der Waals surface area (Å²) in [6.45, 7) is 3.35. The van der Waals surface area contributed by atoms with E-state index in [0.29, 0.717) is 49.8 Å². The Labute approximate surface area is 166 Å². The zero-order valence-corrected chi connectivity index (χ0v) is 17.1. The van der Waals surface area contributed by atoms with Crippen molar-refractivity contribution in [2.45, 2.75) is 38.6 Å². The summed E-state index contributed by atoms with van der Waals surface area (Å²) in [5.41, 5.74) is 0.932. The van der Waals surface area contributed by atoms with E-state index >= 15 is 0 Å². The summed E-state index contributed by atoms with van der Waals surface area (Å²) < 4.78 is 21.0. The maximum Gasteiger partial charge on any atom is 0.409 e. The molecule has 1 fully saturated rings. The van der Waals surface area contributed by atoms with Crippen LogP contribution in [0.1, 0.15) is 31.7 Å². The predicted molar refractivity (Wildman–Crippen MR) is 104 cm³/mol. The summed E-state index contributed by atoms with van der Waals surface area (Å²) in [5.74, 6) is 1.67. The Kier molecular flexibility index (Phi) is 8.22. The molecule has 8 nitrogen and oxygen atoms in total. The van der Waals surface area contributed by atoms with Crippen molar-refractivity contribution in [2.75, 3.05) is 41.0 Å². The third-order valence-electron chi connectivity index (χ3n) is 4.75. The Morgan fingerprint density at radius 1 is 1.07 bits per heavy atom. The van der Waals surface area contributed by atoms with Crippen LogP contribution in [0.4, 0.5) is 4.79 Å². The van der Waals surface area contributed by atoms with Crippen LogP contribution < -0.4 is 19.5 Å². The number of rotatable bonds is 8. The molecule has 2 amide bonds.